The van der Waals surface area contributed by atoms with Gasteiger partial charge in [-0.25, -0.2) is 4.39 Å². The Bertz CT molecular complexity index is 620. The van der Waals surface area contributed by atoms with Crippen LogP contribution in [0.5, 0.6) is 0 Å². The lowest BCUT2D eigenvalue weighted by Crippen LogP contribution is -2.58. The van der Waals surface area contributed by atoms with Crippen molar-refractivity contribution in [1.29, 1.82) is 0 Å². The van der Waals surface area contributed by atoms with E-state index < -0.39 is 24.3 Å². The molecule has 1 amide bonds. The van der Waals surface area contributed by atoms with Crippen molar-refractivity contribution in [2.45, 2.75) is 50.6 Å². The Morgan fingerprint density at radius 1 is 1.25 bits per heavy atom. The van der Waals surface area contributed by atoms with Crippen molar-refractivity contribution in [3.63, 3.8) is 0 Å². The zero-order valence-electron chi connectivity index (χ0n) is 13.4. The number of amidine groups is 1. The average Bonchev–Trinajstić information content (AvgIpc) is 2.83. The second-order valence-corrected chi connectivity index (χ2v) is 6.24. The molecule has 3 atom stereocenters. The molecule has 2 heterocycles. The first-order valence-corrected chi connectivity index (χ1v) is 8.28. The van der Waals surface area contributed by atoms with E-state index in [0.29, 0.717) is 18.8 Å². The third-order valence-electron chi connectivity index (χ3n) is 4.52. The number of nitrogens with zero attached hydrogens (tertiary/aromatic N) is 2. The maximum absolute atomic E-state index is 12.9. The van der Waals surface area contributed by atoms with Gasteiger partial charge < -0.3 is 20.4 Å². The fourth-order valence-electron chi connectivity index (χ4n) is 3.13. The van der Waals surface area contributed by atoms with E-state index in [1.807, 2.05) is 0 Å². The molecule has 3 rings (SSSR count). The molecule has 2 aliphatic heterocycles. The summed E-state index contributed by atoms with van der Waals surface area (Å²) in [7, 11) is 0. The zero-order chi connectivity index (χ0) is 17.1. The minimum Gasteiger partial charge on any atom is -0.386 e. The Morgan fingerprint density at radius 2 is 2.00 bits per heavy atom. The van der Waals surface area contributed by atoms with Crippen molar-refractivity contribution < 1.29 is 19.4 Å². The predicted molar refractivity (Wildman–Crippen MR) is 86.7 cm³/mol. The second-order valence-electron chi connectivity index (χ2n) is 6.24. The first-order valence-electron chi connectivity index (χ1n) is 8.28. The van der Waals surface area contributed by atoms with Crippen molar-refractivity contribution in [1.82, 2.24) is 10.2 Å². The van der Waals surface area contributed by atoms with Gasteiger partial charge >= 0.3 is 0 Å². The molecular formula is C17H22FN3O3. The standard InChI is InChI=1S/C17H22FN3O3/c18-12-7-5-11(6-8-12)10-19-16(23)14-15(22)17(24)21-9-3-1-2-4-13(21)20-14/h5-8,14-15,17,22,24H,1-4,9-10H2,(H,19,23). The molecule has 1 saturated heterocycles. The van der Waals surface area contributed by atoms with Crippen molar-refractivity contribution in [3.05, 3.63) is 35.6 Å². The van der Waals surface area contributed by atoms with E-state index in [0.717, 1.165) is 24.8 Å². The molecule has 2 aliphatic rings. The van der Waals surface area contributed by atoms with Gasteiger partial charge in [0, 0.05) is 19.5 Å². The van der Waals surface area contributed by atoms with Crippen LogP contribution in [0.3, 0.4) is 0 Å². The Labute approximate surface area is 140 Å². The minimum absolute atomic E-state index is 0.215. The number of hydrogen-bond acceptors (Lipinski definition) is 5. The Balaban J connectivity index is 1.69. The number of hydrogen-bond donors (Lipinski definition) is 3. The van der Waals surface area contributed by atoms with E-state index in [9.17, 15) is 19.4 Å². The number of aliphatic imine (C=N–C) groups is 1. The van der Waals surface area contributed by atoms with Crippen LogP contribution < -0.4 is 5.32 Å². The summed E-state index contributed by atoms with van der Waals surface area (Å²) in [5, 5.41) is 23.3. The van der Waals surface area contributed by atoms with Crippen molar-refractivity contribution in [2.75, 3.05) is 6.54 Å². The minimum atomic E-state index is -1.26. The summed E-state index contributed by atoms with van der Waals surface area (Å²) in [6.07, 6.45) is 1.26. The van der Waals surface area contributed by atoms with Crippen LogP contribution in [0.1, 0.15) is 31.2 Å². The van der Waals surface area contributed by atoms with Crippen LogP contribution in [0.25, 0.3) is 0 Å². The molecule has 1 aromatic rings. The number of aliphatic hydroxyl groups excluding tert-OH is 2. The molecule has 7 heteroatoms. The van der Waals surface area contributed by atoms with Crippen LogP contribution in [-0.2, 0) is 11.3 Å². The lowest BCUT2D eigenvalue weighted by Gasteiger charge is -2.39. The van der Waals surface area contributed by atoms with Gasteiger partial charge in [0.25, 0.3) is 0 Å². The Kier molecular flexibility index (Phi) is 5.11. The monoisotopic (exact) mass is 335 g/mol. The SMILES string of the molecule is O=C(NCc1ccc(F)cc1)C1N=C2CCCCCN2C(O)C1O. The highest BCUT2D eigenvalue weighted by Gasteiger charge is 2.40. The summed E-state index contributed by atoms with van der Waals surface area (Å²) in [5.74, 6) is -0.0924. The van der Waals surface area contributed by atoms with Gasteiger partial charge in [-0.15, -0.1) is 0 Å². The van der Waals surface area contributed by atoms with E-state index in [1.165, 1.54) is 12.1 Å². The smallest absolute Gasteiger partial charge is 0.248 e. The molecule has 1 fully saturated rings. The number of nitrogens with one attached hydrogen (secondary N) is 1. The van der Waals surface area contributed by atoms with Crippen molar-refractivity contribution in [3.8, 4) is 0 Å². The fraction of sp³-hybridized carbons (Fsp3) is 0.529. The number of rotatable bonds is 3. The molecule has 3 unspecified atom stereocenters. The topological polar surface area (TPSA) is 85.2 Å². The van der Waals surface area contributed by atoms with E-state index in [2.05, 4.69) is 10.3 Å². The highest BCUT2D eigenvalue weighted by Crippen LogP contribution is 2.23. The molecule has 6 nitrogen and oxygen atoms in total. The van der Waals surface area contributed by atoms with Crippen molar-refractivity contribution >= 4 is 11.7 Å². The third-order valence-corrected chi connectivity index (χ3v) is 4.52. The molecule has 0 aromatic heterocycles. The molecule has 24 heavy (non-hydrogen) atoms. The van der Waals surface area contributed by atoms with Gasteiger partial charge in [0.15, 0.2) is 12.3 Å². The lowest BCUT2D eigenvalue weighted by atomic mass is 10.0. The summed E-state index contributed by atoms with van der Waals surface area (Å²) < 4.78 is 12.9. The quantitative estimate of drug-likeness (QED) is 0.762. The number of fused-ring (bicyclic) bond motifs is 1. The average molecular weight is 335 g/mol. The second kappa shape index (κ2) is 7.27. The van der Waals surface area contributed by atoms with E-state index in [-0.39, 0.29) is 12.4 Å². The molecule has 1 aromatic carbocycles. The lowest BCUT2D eigenvalue weighted by molar-refractivity contribution is -0.132. The first-order chi connectivity index (χ1) is 11.6. The molecule has 3 N–H and O–H groups in total. The van der Waals surface area contributed by atoms with E-state index in [4.69, 9.17) is 0 Å². The van der Waals surface area contributed by atoms with Crippen LogP contribution in [0.15, 0.2) is 29.3 Å². The number of amides is 1. The normalized spacial score (nSPS) is 27.0. The summed E-state index contributed by atoms with van der Waals surface area (Å²) in [5.41, 5.74) is 0.749. The van der Waals surface area contributed by atoms with Crippen LogP contribution >= 0.6 is 0 Å². The molecule has 0 spiro atoms. The van der Waals surface area contributed by atoms with Crippen LogP contribution in [0, 0.1) is 5.82 Å². The maximum Gasteiger partial charge on any atom is 0.248 e. The molecule has 0 radical (unpaired) electrons. The van der Waals surface area contributed by atoms with Gasteiger partial charge in [-0.3, -0.25) is 9.79 Å². The number of carbonyl (C=O) groups excluding carboxylic acids is 1. The van der Waals surface area contributed by atoms with Gasteiger partial charge in [-0.2, -0.15) is 0 Å². The summed E-state index contributed by atoms with van der Waals surface area (Å²) in [6.45, 7) is 0.855. The zero-order valence-corrected chi connectivity index (χ0v) is 13.4. The van der Waals surface area contributed by atoms with Crippen LogP contribution in [-0.4, -0.2) is 51.8 Å². The van der Waals surface area contributed by atoms with E-state index >= 15 is 0 Å². The first kappa shape index (κ1) is 16.9. The summed E-state index contributed by atoms with van der Waals surface area (Å²) in [6, 6.07) is 4.79. The van der Waals surface area contributed by atoms with Crippen LogP contribution in [0.2, 0.25) is 0 Å². The molecule has 130 valence electrons. The van der Waals surface area contributed by atoms with Crippen LogP contribution in [0.4, 0.5) is 4.39 Å². The van der Waals surface area contributed by atoms with Gasteiger partial charge in [-0.05, 0) is 30.5 Å². The maximum atomic E-state index is 12.9. The van der Waals surface area contributed by atoms with Crippen molar-refractivity contribution in [2.24, 2.45) is 4.99 Å². The summed E-state index contributed by atoms with van der Waals surface area (Å²) >= 11 is 0. The van der Waals surface area contributed by atoms with E-state index in [1.54, 1.807) is 17.0 Å². The Morgan fingerprint density at radius 3 is 2.75 bits per heavy atom. The molecule has 0 saturated carbocycles. The van der Waals surface area contributed by atoms with Gasteiger partial charge in [0.2, 0.25) is 5.91 Å². The largest absolute Gasteiger partial charge is 0.386 e. The number of carbonyl (C=O) groups is 1. The number of aliphatic hydroxyl groups is 2. The Hall–Kier alpha value is -1.99. The number of benzene rings is 1. The van der Waals surface area contributed by atoms with Gasteiger partial charge in [0.05, 0.1) is 0 Å². The highest BCUT2D eigenvalue weighted by molar-refractivity contribution is 5.90. The predicted octanol–water partition coefficient (Wildman–Crippen LogP) is 0.778. The molecule has 0 bridgehead atoms. The summed E-state index contributed by atoms with van der Waals surface area (Å²) in [4.78, 5) is 18.5. The highest BCUT2D eigenvalue weighted by atomic mass is 19.1. The number of halogens is 1. The molecule has 0 aliphatic carbocycles. The fourth-order valence-corrected chi connectivity index (χ4v) is 3.13. The van der Waals surface area contributed by atoms with Gasteiger partial charge in [-0.1, -0.05) is 18.6 Å². The molecular weight excluding hydrogens is 313 g/mol. The van der Waals surface area contributed by atoms with Gasteiger partial charge in [0.1, 0.15) is 17.8 Å². The third kappa shape index (κ3) is 3.57.